The van der Waals surface area contributed by atoms with Crippen LogP contribution in [0.3, 0.4) is 0 Å². The molecule has 0 unspecified atom stereocenters. The smallest absolute Gasteiger partial charge is 0.134 e. The van der Waals surface area contributed by atoms with Crippen molar-refractivity contribution in [1.82, 2.24) is 0 Å². The van der Waals surface area contributed by atoms with Gasteiger partial charge in [0.25, 0.3) is 0 Å². The van der Waals surface area contributed by atoms with Crippen LogP contribution in [0.5, 0.6) is 0 Å². The van der Waals surface area contributed by atoms with Gasteiger partial charge >= 0.3 is 0 Å². The molecular weight excluding hydrogens is 224 g/mol. The predicted octanol–water partition coefficient (Wildman–Crippen LogP) is 3.90. The molecule has 0 aliphatic carbocycles. The summed E-state index contributed by atoms with van der Waals surface area (Å²) in [6.45, 7) is 2.11. The van der Waals surface area contributed by atoms with E-state index in [2.05, 4.69) is 18.2 Å². The number of aliphatic hydroxyl groups is 1. The van der Waals surface area contributed by atoms with E-state index in [1.54, 1.807) is 6.26 Å². The number of hydrogen-bond donors (Lipinski definition) is 1. The lowest BCUT2D eigenvalue weighted by Crippen LogP contribution is -1.91. The molecule has 3 rings (SSSR count). The van der Waals surface area contributed by atoms with Crippen LogP contribution in [-0.4, -0.2) is 5.11 Å². The molecule has 2 nitrogen and oxygen atoms in total. The molecule has 90 valence electrons. The van der Waals surface area contributed by atoms with Crippen molar-refractivity contribution in [3.05, 3.63) is 59.9 Å². The van der Waals surface area contributed by atoms with Crippen LogP contribution < -0.4 is 0 Å². The van der Waals surface area contributed by atoms with Crippen molar-refractivity contribution in [1.29, 1.82) is 0 Å². The zero-order valence-electron chi connectivity index (χ0n) is 10.2. The van der Waals surface area contributed by atoms with Crippen molar-refractivity contribution in [3.8, 4) is 11.1 Å². The molecule has 0 aliphatic rings. The normalized spacial score (nSPS) is 11.0. The highest BCUT2D eigenvalue weighted by atomic mass is 16.3. The van der Waals surface area contributed by atoms with E-state index in [0.29, 0.717) is 0 Å². The van der Waals surface area contributed by atoms with E-state index in [0.717, 1.165) is 33.2 Å². The van der Waals surface area contributed by atoms with Crippen molar-refractivity contribution in [2.24, 2.45) is 0 Å². The Hall–Kier alpha value is -2.06. The maximum Gasteiger partial charge on any atom is 0.134 e. The highest BCUT2D eigenvalue weighted by molar-refractivity contribution is 5.83. The third-order valence-corrected chi connectivity index (χ3v) is 3.38. The van der Waals surface area contributed by atoms with E-state index >= 15 is 0 Å². The van der Waals surface area contributed by atoms with Crippen LogP contribution in [0.15, 0.2) is 53.1 Å². The molecule has 0 amide bonds. The molecule has 2 aromatic carbocycles. The minimum Gasteiger partial charge on any atom is -0.464 e. The van der Waals surface area contributed by atoms with Crippen LogP contribution in [0.1, 0.15) is 11.1 Å². The highest BCUT2D eigenvalue weighted by Gasteiger charge is 2.07. The van der Waals surface area contributed by atoms with Crippen LogP contribution in [-0.2, 0) is 6.61 Å². The van der Waals surface area contributed by atoms with Crippen molar-refractivity contribution >= 4 is 11.0 Å². The Morgan fingerprint density at radius 2 is 2.00 bits per heavy atom. The molecule has 0 spiro atoms. The van der Waals surface area contributed by atoms with Gasteiger partial charge < -0.3 is 9.52 Å². The summed E-state index contributed by atoms with van der Waals surface area (Å²) >= 11 is 0. The van der Waals surface area contributed by atoms with E-state index in [1.165, 1.54) is 0 Å². The number of aliphatic hydroxyl groups excluding tert-OH is 1. The molecule has 0 aliphatic heterocycles. The van der Waals surface area contributed by atoms with Gasteiger partial charge in [-0.25, -0.2) is 0 Å². The molecule has 0 fully saturated rings. The highest BCUT2D eigenvalue weighted by Crippen LogP contribution is 2.29. The van der Waals surface area contributed by atoms with Gasteiger partial charge in [0.2, 0.25) is 0 Å². The summed E-state index contributed by atoms with van der Waals surface area (Å²) in [7, 11) is 0. The first kappa shape index (κ1) is 11.1. The average molecular weight is 238 g/mol. The summed E-state index contributed by atoms with van der Waals surface area (Å²) in [5, 5.41) is 10.4. The monoisotopic (exact) mass is 238 g/mol. The number of fused-ring (bicyclic) bond motifs is 1. The third-order valence-electron chi connectivity index (χ3n) is 3.38. The fourth-order valence-corrected chi connectivity index (χ4v) is 2.29. The summed E-state index contributed by atoms with van der Waals surface area (Å²) in [5.74, 6) is 0. The van der Waals surface area contributed by atoms with Gasteiger partial charge in [-0.05, 0) is 41.3 Å². The zero-order chi connectivity index (χ0) is 12.5. The molecule has 1 heterocycles. The third kappa shape index (κ3) is 1.71. The van der Waals surface area contributed by atoms with Crippen molar-refractivity contribution in [2.45, 2.75) is 13.5 Å². The number of hydrogen-bond acceptors (Lipinski definition) is 2. The standard InChI is InChI=1S/C16H14O2/c1-11-14(10-17)3-2-4-15(11)13-6-5-12-7-8-18-16(12)9-13/h2-9,17H,10H2,1H3. The Morgan fingerprint density at radius 1 is 1.11 bits per heavy atom. The molecule has 0 bridgehead atoms. The molecule has 0 atom stereocenters. The summed E-state index contributed by atoms with van der Waals surface area (Å²) in [4.78, 5) is 0. The van der Waals surface area contributed by atoms with Gasteiger partial charge in [-0.3, -0.25) is 0 Å². The Morgan fingerprint density at radius 3 is 2.83 bits per heavy atom. The maximum atomic E-state index is 9.31. The van der Waals surface area contributed by atoms with E-state index in [9.17, 15) is 5.11 Å². The maximum absolute atomic E-state index is 9.31. The van der Waals surface area contributed by atoms with E-state index in [-0.39, 0.29) is 6.61 Å². The second kappa shape index (κ2) is 4.31. The second-order valence-corrected chi connectivity index (χ2v) is 4.42. The van der Waals surface area contributed by atoms with Crippen LogP contribution >= 0.6 is 0 Å². The van der Waals surface area contributed by atoms with Gasteiger partial charge in [0, 0.05) is 5.39 Å². The van der Waals surface area contributed by atoms with Gasteiger partial charge in [0.1, 0.15) is 5.58 Å². The van der Waals surface area contributed by atoms with Gasteiger partial charge in [-0.2, -0.15) is 0 Å². The molecule has 2 heteroatoms. The minimum absolute atomic E-state index is 0.0721. The van der Waals surface area contributed by atoms with E-state index in [4.69, 9.17) is 4.42 Å². The first-order valence-corrected chi connectivity index (χ1v) is 5.96. The first-order chi connectivity index (χ1) is 8.79. The van der Waals surface area contributed by atoms with Crippen LogP contribution in [0.4, 0.5) is 0 Å². The number of furan rings is 1. The van der Waals surface area contributed by atoms with Gasteiger partial charge in [-0.15, -0.1) is 0 Å². The fraction of sp³-hybridized carbons (Fsp3) is 0.125. The van der Waals surface area contributed by atoms with Gasteiger partial charge in [-0.1, -0.05) is 30.3 Å². The molecule has 18 heavy (non-hydrogen) atoms. The Bertz CT molecular complexity index is 695. The quantitative estimate of drug-likeness (QED) is 0.734. The number of benzene rings is 2. The summed E-state index contributed by atoms with van der Waals surface area (Å²) < 4.78 is 5.43. The summed E-state index contributed by atoms with van der Waals surface area (Å²) in [6.07, 6.45) is 1.70. The lowest BCUT2D eigenvalue weighted by Gasteiger charge is -2.09. The van der Waals surface area contributed by atoms with E-state index in [1.807, 2.05) is 31.2 Å². The molecule has 1 N–H and O–H groups in total. The largest absolute Gasteiger partial charge is 0.464 e. The Balaban J connectivity index is 2.19. The molecule has 0 radical (unpaired) electrons. The Kier molecular flexibility index (Phi) is 2.65. The first-order valence-electron chi connectivity index (χ1n) is 5.96. The van der Waals surface area contributed by atoms with Gasteiger partial charge in [0.15, 0.2) is 0 Å². The summed E-state index contributed by atoms with van der Waals surface area (Å²) in [6, 6.07) is 14.1. The molecule has 1 aromatic heterocycles. The lowest BCUT2D eigenvalue weighted by atomic mass is 9.96. The van der Waals surface area contributed by atoms with Crippen LogP contribution in [0, 0.1) is 6.92 Å². The lowest BCUT2D eigenvalue weighted by molar-refractivity contribution is 0.281. The summed E-state index contributed by atoms with van der Waals surface area (Å²) in [5.41, 5.74) is 5.23. The average Bonchev–Trinajstić information content (AvgIpc) is 2.86. The minimum atomic E-state index is 0.0721. The SMILES string of the molecule is Cc1c(CO)cccc1-c1ccc2ccoc2c1. The van der Waals surface area contributed by atoms with Crippen LogP contribution in [0.25, 0.3) is 22.1 Å². The van der Waals surface area contributed by atoms with Gasteiger partial charge in [0.05, 0.1) is 12.9 Å². The van der Waals surface area contributed by atoms with Crippen molar-refractivity contribution in [2.75, 3.05) is 0 Å². The molecule has 0 saturated heterocycles. The zero-order valence-corrected chi connectivity index (χ0v) is 10.2. The molecule has 3 aromatic rings. The topological polar surface area (TPSA) is 33.4 Å². The predicted molar refractivity (Wildman–Crippen MR) is 72.3 cm³/mol. The second-order valence-electron chi connectivity index (χ2n) is 4.42. The fourth-order valence-electron chi connectivity index (χ4n) is 2.29. The molecular formula is C16H14O2. The van der Waals surface area contributed by atoms with Crippen LogP contribution in [0.2, 0.25) is 0 Å². The van der Waals surface area contributed by atoms with Crippen molar-refractivity contribution in [3.63, 3.8) is 0 Å². The molecule has 0 saturated carbocycles. The Labute approximate surface area is 105 Å². The van der Waals surface area contributed by atoms with Crippen molar-refractivity contribution < 1.29 is 9.52 Å². The van der Waals surface area contributed by atoms with E-state index < -0.39 is 0 Å². The number of rotatable bonds is 2.